The third-order valence-electron chi connectivity index (χ3n) is 3.57. The summed E-state index contributed by atoms with van der Waals surface area (Å²) in [7, 11) is 0. The minimum absolute atomic E-state index is 0.0838. The molecule has 0 amide bonds. The van der Waals surface area contributed by atoms with Crippen LogP contribution >= 0.6 is 0 Å². The number of hydrogen-bond donors (Lipinski definition) is 0. The summed E-state index contributed by atoms with van der Waals surface area (Å²) in [4.78, 5) is 8.72. The molecule has 0 saturated heterocycles. The van der Waals surface area contributed by atoms with Crippen LogP contribution in [-0.2, 0) is 5.41 Å². The summed E-state index contributed by atoms with van der Waals surface area (Å²) >= 11 is 0. The Morgan fingerprint density at radius 1 is 1.18 bits per heavy atom. The van der Waals surface area contributed by atoms with Gasteiger partial charge in [-0.15, -0.1) is 0 Å². The van der Waals surface area contributed by atoms with Gasteiger partial charge in [-0.05, 0) is 36.1 Å². The van der Waals surface area contributed by atoms with Gasteiger partial charge in [-0.3, -0.25) is 4.98 Å². The molecule has 0 unspecified atom stereocenters. The molecular formula is C18H20N2O2. The van der Waals surface area contributed by atoms with Gasteiger partial charge in [0.25, 0.3) is 0 Å². The Labute approximate surface area is 130 Å². The zero-order valence-electron chi connectivity index (χ0n) is 13.4. The Bertz CT molecular complexity index is 800. The van der Waals surface area contributed by atoms with Gasteiger partial charge in [0, 0.05) is 6.20 Å². The average Bonchev–Trinajstić information content (AvgIpc) is 2.90. The summed E-state index contributed by atoms with van der Waals surface area (Å²) in [5, 5.41) is 0. The zero-order chi connectivity index (χ0) is 15.7. The topological polar surface area (TPSA) is 48.2 Å². The summed E-state index contributed by atoms with van der Waals surface area (Å²) in [5.41, 5.74) is 3.79. The Morgan fingerprint density at radius 2 is 2.00 bits per heavy atom. The van der Waals surface area contributed by atoms with Crippen molar-refractivity contribution in [3.63, 3.8) is 0 Å². The van der Waals surface area contributed by atoms with Gasteiger partial charge in [0.05, 0.1) is 18.4 Å². The fourth-order valence-electron chi connectivity index (χ4n) is 2.34. The fraction of sp³-hybridized carbons (Fsp3) is 0.333. The van der Waals surface area contributed by atoms with Crippen LogP contribution in [0.3, 0.4) is 0 Å². The number of hydrogen-bond acceptors (Lipinski definition) is 4. The number of oxazole rings is 1. The number of benzene rings is 1. The Kier molecular flexibility index (Phi) is 3.61. The lowest BCUT2D eigenvalue weighted by Crippen LogP contribution is -2.10. The first-order chi connectivity index (χ1) is 10.5. The number of rotatable bonds is 3. The van der Waals surface area contributed by atoms with Gasteiger partial charge in [-0.25, -0.2) is 4.98 Å². The van der Waals surface area contributed by atoms with Crippen molar-refractivity contribution in [2.24, 2.45) is 0 Å². The van der Waals surface area contributed by atoms with E-state index in [4.69, 9.17) is 9.15 Å². The van der Waals surface area contributed by atoms with Crippen molar-refractivity contribution in [3.05, 3.63) is 42.2 Å². The van der Waals surface area contributed by atoms with E-state index < -0.39 is 0 Å². The number of pyridine rings is 1. The highest BCUT2D eigenvalue weighted by atomic mass is 16.5. The standard InChI is InChI=1S/C18H20N2O2/c1-5-21-16-11-19-9-8-13(16)17-20-14-10-12(18(2,3)4)6-7-15(14)22-17/h6-11H,5H2,1-4H3. The van der Waals surface area contributed by atoms with Crippen molar-refractivity contribution in [2.45, 2.75) is 33.1 Å². The van der Waals surface area contributed by atoms with Gasteiger partial charge in [0.1, 0.15) is 11.3 Å². The molecule has 0 saturated carbocycles. The van der Waals surface area contributed by atoms with E-state index in [9.17, 15) is 0 Å². The molecule has 2 aromatic heterocycles. The molecule has 0 bridgehead atoms. The van der Waals surface area contributed by atoms with Crippen LogP contribution in [0.2, 0.25) is 0 Å². The molecule has 0 aliphatic carbocycles. The summed E-state index contributed by atoms with van der Waals surface area (Å²) in [6.07, 6.45) is 3.40. The molecule has 4 nitrogen and oxygen atoms in total. The lowest BCUT2D eigenvalue weighted by Gasteiger charge is -2.18. The first-order valence-corrected chi connectivity index (χ1v) is 7.47. The van der Waals surface area contributed by atoms with E-state index in [0.717, 1.165) is 16.7 Å². The number of aromatic nitrogens is 2. The van der Waals surface area contributed by atoms with E-state index in [1.54, 1.807) is 12.4 Å². The second-order valence-electron chi connectivity index (χ2n) is 6.26. The molecule has 1 aromatic carbocycles. The number of nitrogens with zero attached hydrogens (tertiary/aromatic N) is 2. The molecular weight excluding hydrogens is 276 g/mol. The van der Waals surface area contributed by atoms with Crippen LogP contribution in [0.25, 0.3) is 22.6 Å². The summed E-state index contributed by atoms with van der Waals surface area (Å²) in [6, 6.07) is 8.02. The molecule has 0 spiro atoms. The quantitative estimate of drug-likeness (QED) is 0.709. The van der Waals surface area contributed by atoms with E-state index in [-0.39, 0.29) is 5.41 Å². The molecule has 0 radical (unpaired) electrons. The van der Waals surface area contributed by atoms with E-state index in [1.165, 1.54) is 5.56 Å². The van der Waals surface area contributed by atoms with Crippen LogP contribution in [0.15, 0.2) is 41.1 Å². The van der Waals surface area contributed by atoms with Crippen LogP contribution in [0, 0.1) is 0 Å². The summed E-state index contributed by atoms with van der Waals surface area (Å²) < 4.78 is 11.5. The van der Waals surface area contributed by atoms with E-state index in [2.05, 4.69) is 42.9 Å². The van der Waals surface area contributed by atoms with Crippen LogP contribution < -0.4 is 4.74 Å². The largest absolute Gasteiger partial charge is 0.491 e. The molecule has 0 atom stereocenters. The lowest BCUT2D eigenvalue weighted by atomic mass is 9.87. The van der Waals surface area contributed by atoms with Gasteiger partial charge in [0.15, 0.2) is 5.58 Å². The predicted octanol–water partition coefficient (Wildman–Crippen LogP) is 4.59. The number of ether oxygens (including phenoxy) is 1. The monoisotopic (exact) mass is 296 g/mol. The SMILES string of the molecule is CCOc1cnccc1-c1nc2cc(C(C)(C)C)ccc2o1. The second-order valence-corrected chi connectivity index (χ2v) is 6.26. The van der Waals surface area contributed by atoms with Gasteiger partial charge in [0.2, 0.25) is 5.89 Å². The van der Waals surface area contributed by atoms with Crippen molar-refractivity contribution < 1.29 is 9.15 Å². The van der Waals surface area contributed by atoms with Gasteiger partial charge < -0.3 is 9.15 Å². The maximum atomic E-state index is 5.89. The van der Waals surface area contributed by atoms with Crippen LogP contribution in [0.5, 0.6) is 5.75 Å². The third kappa shape index (κ3) is 2.69. The molecule has 3 aromatic rings. The molecule has 0 N–H and O–H groups in total. The van der Waals surface area contributed by atoms with Crippen LogP contribution in [0.1, 0.15) is 33.3 Å². The maximum Gasteiger partial charge on any atom is 0.231 e. The highest BCUT2D eigenvalue weighted by Gasteiger charge is 2.17. The Balaban J connectivity index is 2.09. The Morgan fingerprint density at radius 3 is 2.73 bits per heavy atom. The maximum absolute atomic E-state index is 5.89. The summed E-state index contributed by atoms with van der Waals surface area (Å²) in [6.45, 7) is 9.08. The second kappa shape index (κ2) is 5.44. The molecule has 22 heavy (non-hydrogen) atoms. The lowest BCUT2D eigenvalue weighted by molar-refractivity contribution is 0.339. The van der Waals surface area contributed by atoms with Crippen molar-refractivity contribution in [3.8, 4) is 17.2 Å². The smallest absolute Gasteiger partial charge is 0.231 e. The van der Waals surface area contributed by atoms with E-state index in [0.29, 0.717) is 18.2 Å². The zero-order valence-corrected chi connectivity index (χ0v) is 13.4. The summed E-state index contributed by atoms with van der Waals surface area (Å²) in [5.74, 6) is 1.25. The van der Waals surface area contributed by atoms with Crippen molar-refractivity contribution >= 4 is 11.1 Å². The highest BCUT2D eigenvalue weighted by molar-refractivity contribution is 5.78. The van der Waals surface area contributed by atoms with Crippen molar-refractivity contribution in [1.82, 2.24) is 9.97 Å². The van der Waals surface area contributed by atoms with Gasteiger partial charge >= 0.3 is 0 Å². The third-order valence-corrected chi connectivity index (χ3v) is 3.57. The minimum atomic E-state index is 0.0838. The van der Waals surface area contributed by atoms with Gasteiger partial charge in [-0.2, -0.15) is 0 Å². The van der Waals surface area contributed by atoms with Crippen LogP contribution in [-0.4, -0.2) is 16.6 Å². The number of fused-ring (bicyclic) bond motifs is 1. The van der Waals surface area contributed by atoms with Crippen molar-refractivity contribution in [2.75, 3.05) is 6.61 Å². The molecule has 0 aliphatic heterocycles. The van der Waals surface area contributed by atoms with E-state index in [1.807, 2.05) is 19.1 Å². The van der Waals surface area contributed by atoms with Gasteiger partial charge in [-0.1, -0.05) is 26.8 Å². The first kappa shape index (κ1) is 14.6. The molecule has 2 heterocycles. The predicted molar refractivity (Wildman–Crippen MR) is 87.1 cm³/mol. The van der Waals surface area contributed by atoms with E-state index >= 15 is 0 Å². The molecule has 4 heteroatoms. The first-order valence-electron chi connectivity index (χ1n) is 7.47. The highest BCUT2D eigenvalue weighted by Crippen LogP contribution is 2.32. The fourth-order valence-corrected chi connectivity index (χ4v) is 2.34. The molecule has 0 fully saturated rings. The molecule has 114 valence electrons. The van der Waals surface area contributed by atoms with Crippen LogP contribution in [0.4, 0.5) is 0 Å². The normalized spacial score (nSPS) is 11.8. The molecule has 0 aliphatic rings. The molecule has 3 rings (SSSR count). The minimum Gasteiger partial charge on any atom is -0.491 e. The van der Waals surface area contributed by atoms with Crippen molar-refractivity contribution in [1.29, 1.82) is 0 Å². The Hall–Kier alpha value is -2.36. The average molecular weight is 296 g/mol.